The van der Waals surface area contributed by atoms with Gasteiger partial charge in [-0.1, -0.05) is 0 Å². The molecule has 5 nitrogen and oxygen atoms in total. The molecule has 0 spiro atoms. The summed E-state index contributed by atoms with van der Waals surface area (Å²) in [5, 5.41) is 6.89. The largest absolute Gasteiger partial charge is 0.483 e. The molecular formula is C5H9NO4. The first kappa shape index (κ1) is 8.74. The Hall–Kier alpha value is -1.26. The lowest BCUT2D eigenvalue weighted by atomic mass is 10.7. The fraction of sp³-hybridized carbons (Fsp3) is 0.600. The minimum atomic E-state index is -0.250. The van der Waals surface area contributed by atoms with Crippen molar-refractivity contribution in [3.05, 3.63) is 0 Å². The quantitative estimate of drug-likeness (QED) is 0.480. The van der Waals surface area contributed by atoms with Gasteiger partial charge in [0.25, 0.3) is 6.47 Å². The number of carboxylic acid groups (broad SMARTS) is 1. The van der Waals surface area contributed by atoms with Gasteiger partial charge in [0, 0.05) is 7.05 Å². The van der Waals surface area contributed by atoms with Gasteiger partial charge in [-0.05, 0) is 0 Å². The topological polar surface area (TPSA) is 66.8 Å². The van der Waals surface area contributed by atoms with Gasteiger partial charge in [-0.15, -0.1) is 0 Å². The van der Waals surface area contributed by atoms with Crippen LogP contribution in [-0.2, 0) is 9.53 Å². The van der Waals surface area contributed by atoms with Crippen molar-refractivity contribution >= 4 is 12.6 Å². The molecule has 5 heteroatoms. The Morgan fingerprint density at radius 1 is 1.80 bits per heavy atom. The van der Waals surface area contributed by atoms with Gasteiger partial charge in [0.2, 0.25) is 0 Å². The fourth-order valence-electron chi connectivity index (χ4n) is 0.471. The van der Waals surface area contributed by atoms with Crippen molar-refractivity contribution in [2.75, 3.05) is 20.2 Å². The molecule has 1 N–H and O–H groups in total. The summed E-state index contributed by atoms with van der Waals surface area (Å²) in [7, 11) is 1.72. The van der Waals surface area contributed by atoms with Crippen molar-refractivity contribution in [1.82, 2.24) is 4.90 Å². The number of likely N-dealkylation sites (N-methyl/N-ethyl adjacent to an activating group) is 1. The normalized spacial score (nSPS) is 15.3. The van der Waals surface area contributed by atoms with Gasteiger partial charge < -0.3 is 14.7 Å². The van der Waals surface area contributed by atoms with Crippen molar-refractivity contribution < 1.29 is 19.4 Å². The molecule has 1 rings (SSSR count). The van der Waals surface area contributed by atoms with Crippen LogP contribution in [0.1, 0.15) is 0 Å². The predicted molar refractivity (Wildman–Crippen MR) is 32.7 cm³/mol. The van der Waals surface area contributed by atoms with Crippen molar-refractivity contribution in [3.63, 3.8) is 0 Å². The van der Waals surface area contributed by atoms with Crippen LogP contribution in [0.5, 0.6) is 0 Å². The van der Waals surface area contributed by atoms with E-state index in [2.05, 4.69) is 4.74 Å². The second-order valence-electron chi connectivity index (χ2n) is 1.64. The Kier molecular flexibility index (Phi) is 4.02. The van der Waals surface area contributed by atoms with E-state index < -0.39 is 0 Å². The maximum absolute atomic E-state index is 10.3. The van der Waals surface area contributed by atoms with Gasteiger partial charge in [0.05, 0.1) is 6.54 Å². The van der Waals surface area contributed by atoms with Crippen molar-refractivity contribution in [2.45, 2.75) is 0 Å². The van der Waals surface area contributed by atoms with Crippen molar-refractivity contribution in [1.29, 1.82) is 0 Å². The Labute approximate surface area is 58.2 Å². The molecule has 0 bridgehead atoms. The van der Waals surface area contributed by atoms with Crippen LogP contribution in [0.15, 0.2) is 0 Å². The van der Waals surface area contributed by atoms with Crippen LogP contribution < -0.4 is 0 Å². The summed E-state index contributed by atoms with van der Waals surface area (Å²) >= 11 is 0. The molecule has 1 aliphatic heterocycles. The highest BCUT2D eigenvalue weighted by atomic mass is 16.6. The number of rotatable bonds is 0. The van der Waals surface area contributed by atoms with E-state index in [1.54, 1.807) is 11.9 Å². The molecule has 1 aliphatic rings. The van der Waals surface area contributed by atoms with E-state index in [1.165, 1.54) is 0 Å². The summed E-state index contributed by atoms with van der Waals surface area (Å²) in [6.07, 6.45) is -0.208. The van der Waals surface area contributed by atoms with Crippen LogP contribution in [-0.4, -0.2) is 42.8 Å². The molecule has 0 atom stereocenters. The fourth-order valence-corrected chi connectivity index (χ4v) is 0.471. The van der Waals surface area contributed by atoms with E-state index in [9.17, 15) is 4.79 Å². The van der Waals surface area contributed by atoms with Crippen LogP contribution in [0.2, 0.25) is 0 Å². The smallest absolute Gasteiger partial charge is 0.409 e. The summed E-state index contributed by atoms with van der Waals surface area (Å²) in [6.45, 7) is 1.04. The van der Waals surface area contributed by atoms with E-state index in [1.807, 2.05) is 0 Å². The molecule has 1 fully saturated rings. The maximum Gasteiger partial charge on any atom is 0.409 e. The third-order valence-corrected chi connectivity index (χ3v) is 0.964. The van der Waals surface area contributed by atoms with E-state index >= 15 is 0 Å². The van der Waals surface area contributed by atoms with E-state index in [0.717, 1.165) is 6.54 Å². The zero-order valence-electron chi connectivity index (χ0n) is 5.61. The molecule has 0 radical (unpaired) electrons. The number of carbonyl (C=O) groups is 2. The lowest BCUT2D eigenvalue weighted by molar-refractivity contribution is -0.122. The van der Waals surface area contributed by atoms with Crippen LogP contribution >= 0.6 is 0 Å². The minimum absolute atomic E-state index is 0.208. The lowest BCUT2D eigenvalue weighted by Crippen LogP contribution is -2.17. The number of ether oxygens (including phenoxy) is 1. The molecule has 0 unspecified atom stereocenters. The van der Waals surface area contributed by atoms with E-state index in [4.69, 9.17) is 9.90 Å². The zero-order chi connectivity index (χ0) is 7.98. The summed E-state index contributed by atoms with van der Waals surface area (Å²) in [5.41, 5.74) is 0. The molecular weight excluding hydrogens is 138 g/mol. The van der Waals surface area contributed by atoms with Gasteiger partial charge in [-0.3, -0.25) is 4.79 Å². The number of nitrogens with zero attached hydrogens (tertiary/aromatic N) is 1. The van der Waals surface area contributed by atoms with Crippen LogP contribution in [0.25, 0.3) is 0 Å². The summed E-state index contributed by atoms with van der Waals surface area (Å²) in [5.74, 6) is 0. The SMILES string of the molecule is CN1CCOC1=O.O=CO. The highest BCUT2D eigenvalue weighted by Gasteiger charge is 2.15. The highest BCUT2D eigenvalue weighted by Crippen LogP contribution is 1.96. The zero-order valence-corrected chi connectivity index (χ0v) is 5.61. The Balaban J connectivity index is 0.000000236. The number of amides is 1. The third kappa shape index (κ3) is 2.91. The molecule has 0 saturated carbocycles. The van der Waals surface area contributed by atoms with Crippen LogP contribution in [0, 0.1) is 0 Å². The average Bonchev–Trinajstić information content (AvgIpc) is 2.19. The number of hydrogen-bond donors (Lipinski definition) is 1. The minimum Gasteiger partial charge on any atom is -0.483 e. The molecule has 0 aromatic rings. The first-order valence-electron chi connectivity index (χ1n) is 2.68. The first-order valence-corrected chi connectivity index (χ1v) is 2.68. The molecule has 1 saturated heterocycles. The number of hydrogen-bond acceptors (Lipinski definition) is 3. The summed E-state index contributed by atoms with van der Waals surface area (Å²) in [6, 6.07) is 0. The molecule has 0 aromatic carbocycles. The molecule has 1 heterocycles. The monoisotopic (exact) mass is 147 g/mol. The average molecular weight is 147 g/mol. The second kappa shape index (κ2) is 4.60. The van der Waals surface area contributed by atoms with Crippen LogP contribution in [0.4, 0.5) is 4.79 Å². The molecule has 1 amide bonds. The molecule has 10 heavy (non-hydrogen) atoms. The standard InChI is InChI=1S/C4H7NO2.CH2O2/c1-5-2-3-7-4(5)6;2-1-3/h2-3H2,1H3;1H,(H,2,3). The van der Waals surface area contributed by atoms with Gasteiger partial charge in [0.15, 0.2) is 0 Å². The van der Waals surface area contributed by atoms with Gasteiger partial charge in [0.1, 0.15) is 6.61 Å². The number of cyclic esters (lactones) is 1. The van der Waals surface area contributed by atoms with Gasteiger partial charge in [-0.25, -0.2) is 4.79 Å². The highest BCUT2D eigenvalue weighted by molar-refractivity contribution is 5.68. The first-order chi connectivity index (χ1) is 4.72. The molecule has 58 valence electrons. The van der Waals surface area contributed by atoms with Gasteiger partial charge in [-0.2, -0.15) is 0 Å². The van der Waals surface area contributed by atoms with E-state index in [-0.39, 0.29) is 12.6 Å². The maximum atomic E-state index is 10.3. The Morgan fingerprint density at radius 3 is 2.40 bits per heavy atom. The summed E-state index contributed by atoms with van der Waals surface area (Å²) < 4.78 is 4.55. The lowest BCUT2D eigenvalue weighted by Gasteiger charge is -1.98. The van der Waals surface area contributed by atoms with Crippen molar-refractivity contribution in [2.24, 2.45) is 0 Å². The predicted octanol–water partition coefficient (Wildman–Crippen LogP) is -0.231. The molecule has 0 aromatic heterocycles. The second-order valence-corrected chi connectivity index (χ2v) is 1.64. The molecule has 0 aliphatic carbocycles. The van der Waals surface area contributed by atoms with Crippen molar-refractivity contribution in [3.8, 4) is 0 Å². The van der Waals surface area contributed by atoms with E-state index in [0.29, 0.717) is 6.61 Å². The summed E-state index contributed by atoms with van der Waals surface area (Å²) in [4.78, 5) is 20.2. The Bertz CT molecular complexity index is 125. The third-order valence-electron chi connectivity index (χ3n) is 0.964. The number of carbonyl (C=O) groups excluding carboxylic acids is 1. The Morgan fingerprint density at radius 2 is 2.30 bits per heavy atom. The van der Waals surface area contributed by atoms with Crippen LogP contribution in [0.3, 0.4) is 0 Å². The van der Waals surface area contributed by atoms with Gasteiger partial charge >= 0.3 is 6.09 Å².